The molecule has 0 radical (unpaired) electrons. The fraction of sp³-hybridized carbons (Fsp3) is 0.500. The van der Waals surface area contributed by atoms with Crippen LogP contribution in [-0.4, -0.2) is 59.7 Å². The molecule has 0 unspecified atom stereocenters. The number of rotatable bonds is 6. The van der Waals surface area contributed by atoms with E-state index in [1.54, 1.807) is 7.11 Å². The molecule has 1 fully saturated rings. The van der Waals surface area contributed by atoms with Crippen LogP contribution in [0.3, 0.4) is 0 Å². The molecule has 5 nitrogen and oxygen atoms in total. The van der Waals surface area contributed by atoms with Crippen LogP contribution in [0.15, 0.2) is 36.4 Å². The monoisotopic (exact) mass is 370 g/mol. The van der Waals surface area contributed by atoms with Crippen LogP contribution >= 0.6 is 0 Å². The highest BCUT2D eigenvalue weighted by Gasteiger charge is 2.24. The van der Waals surface area contributed by atoms with Gasteiger partial charge in [-0.25, -0.2) is 0 Å². The van der Waals surface area contributed by atoms with E-state index >= 15 is 0 Å². The third kappa shape index (κ3) is 4.60. The maximum Gasteiger partial charge on any atom is 0.237 e. The molecule has 0 spiro atoms. The first-order chi connectivity index (χ1) is 13.0. The number of amides is 1. The number of carbonyl (C=O) groups is 1. The summed E-state index contributed by atoms with van der Waals surface area (Å²) < 4.78 is 5.48. The molecule has 1 heterocycles. The van der Waals surface area contributed by atoms with Crippen LogP contribution in [0.2, 0.25) is 0 Å². The summed E-state index contributed by atoms with van der Waals surface area (Å²) >= 11 is 0. The SMILES string of the molecule is COc1ccc(CN(C(=O)CN2CCC(O)CC2)C(C)C)c2ccccc12. The quantitative estimate of drug-likeness (QED) is 0.849. The molecule has 1 N–H and O–H groups in total. The van der Waals surface area contributed by atoms with E-state index in [-0.39, 0.29) is 18.1 Å². The van der Waals surface area contributed by atoms with Crippen LogP contribution < -0.4 is 4.74 Å². The van der Waals surface area contributed by atoms with E-state index in [9.17, 15) is 9.90 Å². The summed E-state index contributed by atoms with van der Waals surface area (Å²) in [5.74, 6) is 0.991. The topological polar surface area (TPSA) is 53.0 Å². The molecule has 1 aliphatic rings. The van der Waals surface area contributed by atoms with E-state index in [2.05, 4.69) is 36.9 Å². The number of carbonyl (C=O) groups excluding carboxylic acids is 1. The number of likely N-dealkylation sites (tertiary alicyclic amines) is 1. The molecule has 146 valence electrons. The van der Waals surface area contributed by atoms with Crippen molar-refractivity contribution in [3.63, 3.8) is 0 Å². The lowest BCUT2D eigenvalue weighted by molar-refractivity contribution is -0.135. The summed E-state index contributed by atoms with van der Waals surface area (Å²) in [4.78, 5) is 17.1. The minimum atomic E-state index is -0.219. The molecule has 0 aromatic heterocycles. The molecule has 3 rings (SSSR count). The third-order valence-electron chi connectivity index (χ3n) is 5.39. The van der Waals surface area contributed by atoms with Crippen LogP contribution in [0.1, 0.15) is 32.3 Å². The normalized spacial score (nSPS) is 16.0. The maximum absolute atomic E-state index is 13.0. The van der Waals surface area contributed by atoms with Crippen molar-refractivity contribution in [3.8, 4) is 5.75 Å². The Labute approximate surface area is 161 Å². The van der Waals surface area contributed by atoms with Gasteiger partial charge >= 0.3 is 0 Å². The zero-order chi connectivity index (χ0) is 19.4. The number of fused-ring (bicyclic) bond motifs is 1. The zero-order valence-electron chi connectivity index (χ0n) is 16.5. The van der Waals surface area contributed by atoms with Crippen LogP contribution in [0.25, 0.3) is 10.8 Å². The summed E-state index contributed by atoms with van der Waals surface area (Å²) in [7, 11) is 1.68. The van der Waals surface area contributed by atoms with E-state index < -0.39 is 0 Å². The highest BCUT2D eigenvalue weighted by molar-refractivity contribution is 5.91. The molecular formula is C22H30N2O3. The number of piperidine rings is 1. The Hall–Kier alpha value is -2.11. The summed E-state index contributed by atoms with van der Waals surface area (Å²) in [6, 6.07) is 12.3. The molecule has 0 atom stereocenters. The van der Waals surface area contributed by atoms with Crippen molar-refractivity contribution < 1.29 is 14.6 Å². The molecule has 1 amide bonds. The number of nitrogens with zero attached hydrogens (tertiary/aromatic N) is 2. The van der Waals surface area contributed by atoms with Crippen molar-refractivity contribution in [1.82, 2.24) is 9.80 Å². The Morgan fingerprint density at radius 3 is 2.48 bits per heavy atom. The van der Waals surface area contributed by atoms with E-state index in [1.165, 1.54) is 0 Å². The number of benzene rings is 2. The lowest BCUT2D eigenvalue weighted by Gasteiger charge is -2.33. The van der Waals surface area contributed by atoms with Gasteiger partial charge in [0.05, 0.1) is 19.8 Å². The lowest BCUT2D eigenvalue weighted by atomic mass is 10.0. The van der Waals surface area contributed by atoms with Gasteiger partial charge in [0.1, 0.15) is 5.75 Å². The van der Waals surface area contributed by atoms with Gasteiger partial charge in [0, 0.05) is 31.1 Å². The first-order valence-electron chi connectivity index (χ1n) is 9.74. The van der Waals surface area contributed by atoms with Crippen LogP contribution in [0.4, 0.5) is 0 Å². The average Bonchev–Trinajstić information content (AvgIpc) is 2.67. The molecule has 5 heteroatoms. The number of ether oxygens (including phenoxy) is 1. The van der Waals surface area contributed by atoms with Gasteiger partial charge in [-0.2, -0.15) is 0 Å². The number of aliphatic hydroxyl groups is 1. The van der Waals surface area contributed by atoms with E-state index in [4.69, 9.17) is 4.74 Å². The van der Waals surface area contributed by atoms with E-state index in [0.717, 1.165) is 48.0 Å². The first kappa shape index (κ1) is 19.6. The number of hydrogen-bond donors (Lipinski definition) is 1. The average molecular weight is 370 g/mol. The molecule has 27 heavy (non-hydrogen) atoms. The Morgan fingerprint density at radius 2 is 1.85 bits per heavy atom. The largest absolute Gasteiger partial charge is 0.496 e. The van der Waals surface area contributed by atoms with Crippen molar-refractivity contribution in [2.24, 2.45) is 0 Å². The first-order valence-corrected chi connectivity index (χ1v) is 9.74. The second kappa shape index (κ2) is 8.72. The zero-order valence-corrected chi connectivity index (χ0v) is 16.5. The minimum Gasteiger partial charge on any atom is -0.496 e. The van der Waals surface area contributed by atoms with E-state index in [0.29, 0.717) is 13.1 Å². The molecule has 1 aliphatic heterocycles. The van der Waals surface area contributed by atoms with E-state index in [1.807, 2.05) is 23.1 Å². The molecule has 1 saturated heterocycles. The molecule has 2 aromatic rings. The Balaban J connectivity index is 1.78. The minimum absolute atomic E-state index is 0.119. The Kier molecular flexibility index (Phi) is 6.34. The van der Waals surface area contributed by atoms with Crippen molar-refractivity contribution in [1.29, 1.82) is 0 Å². The van der Waals surface area contributed by atoms with Crippen molar-refractivity contribution in [2.75, 3.05) is 26.7 Å². The van der Waals surface area contributed by atoms with Crippen molar-refractivity contribution in [2.45, 2.75) is 45.4 Å². The number of aliphatic hydroxyl groups excluding tert-OH is 1. The van der Waals surface area contributed by atoms with Gasteiger partial charge in [-0.3, -0.25) is 9.69 Å². The summed E-state index contributed by atoms with van der Waals surface area (Å²) in [5, 5.41) is 11.9. The molecule has 0 aliphatic carbocycles. The summed E-state index contributed by atoms with van der Waals surface area (Å²) in [5.41, 5.74) is 1.13. The molecule has 0 bridgehead atoms. The fourth-order valence-electron chi connectivity index (χ4n) is 3.75. The fourth-order valence-corrected chi connectivity index (χ4v) is 3.75. The van der Waals surface area contributed by atoms with Gasteiger partial charge in [0.15, 0.2) is 0 Å². The lowest BCUT2D eigenvalue weighted by Crippen LogP contribution is -2.46. The predicted octanol–water partition coefficient (Wildman–Crippen LogP) is 3.04. The van der Waals surface area contributed by atoms with Gasteiger partial charge in [-0.15, -0.1) is 0 Å². The van der Waals surface area contributed by atoms with Gasteiger partial charge in [0.25, 0.3) is 0 Å². The highest BCUT2D eigenvalue weighted by atomic mass is 16.5. The van der Waals surface area contributed by atoms with Crippen molar-refractivity contribution >= 4 is 16.7 Å². The summed E-state index contributed by atoms with van der Waals surface area (Å²) in [6.45, 7) is 6.68. The van der Waals surface area contributed by atoms with Crippen LogP contribution in [0, 0.1) is 0 Å². The van der Waals surface area contributed by atoms with Gasteiger partial charge < -0.3 is 14.7 Å². The molecular weight excluding hydrogens is 340 g/mol. The van der Waals surface area contributed by atoms with Gasteiger partial charge in [-0.05, 0) is 43.7 Å². The smallest absolute Gasteiger partial charge is 0.237 e. The second-order valence-electron chi connectivity index (χ2n) is 7.60. The Morgan fingerprint density at radius 1 is 1.19 bits per heavy atom. The second-order valence-corrected chi connectivity index (χ2v) is 7.60. The molecule has 2 aromatic carbocycles. The number of methoxy groups -OCH3 is 1. The van der Waals surface area contributed by atoms with Gasteiger partial charge in [0.2, 0.25) is 5.91 Å². The standard InChI is InChI=1S/C22H30N2O3/c1-16(2)24(22(26)15-23-12-10-18(25)11-13-23)14-17-8-9-21(27-3)20-7-5-4-6-19(17)20/h4-9,16,18,25H,10-15H2,1-3H3. The van der Waals surface area contributed by atoms with Gasteiger partial charge in [-0.1, -0.05) is 30.3 Å². The van der Waals surface area contributed by atoms with Crippen LogP contribution in [-0.2, 0) is 11.3 Å². The van der Waals surface area contributed by atoms with Crippen LogP contribution in [0.5, 0.6) is 5.75 Å². The highest BCUT2D eigenvalue weighted by Crippen LogP contribution is 2.29. The predicted molar refractivity (Wildman–Crippen MR) is 108 cm³/mol. The summed E-state index contributed by atoms with van der Waals surface area (Å²) in [6.07, 6.45) is 1.28. The Bertz CT molecular complexity index is 782. The van der Waals surface area contributed by atoms with Crippen molar-refractivity contribution in [3.05, 3.63) is 42.0 Å². The molecule has 0 saturated carbocycles. The third-order valence-corrected chi connectivity index (χ3v) is 5.39. The number of hydrogen-bond acceptors (Lipinski definition) is 4. The maximum atomic E-state index is 13.0.